The molecule has 2 aliphatic rings. The Morgan fingerprint density at radius 2 is 2.18 bits per heavy atom. The first-order valence-corrected chi connectivity index (χ1v) is 7.05. The zero-order chi connectivity index (χ0) is 12.5. The van der Waals surface area contributed by atoms with Crippen LogP contribution in [0.5, 0.6) is 0 Å². The number of nitrogens with zero attached hydrogens (tertiary/aromatic N) is 1. The molecule has 100 valence electrons. The van der Waals surface area contributed by atoms with Crippen molar-refractivity contribution in [2.75, 3.05) is 26.3 Å². The van der Waals surface area contributed by atoms with Crippen molar-refractivity contribution in [1.82, 2.24) is 4.90 Å². The van der Waals surface area contributed by atoms with E-state index >= 15 is 0 Å². The van der Waals surface area contributed by atoms with E-state index in [-0.39, 0.29) is 0 Å². The van der Waals surface area contributed by atoms with Gasteiger partial charge in [0, 0.05) is 25.2 Å². The number of hydrogen-bond acceptors (Lipinski definition) is 3. The number of rotatable bonds is 2. The van der Waals surface area contributed by atoms with Crippen molar-refractivity contribution in [2.45, 2.75) is 52.1 Å². The molecule has 1 saturated carbocycles. The van der Waals surface area contributed by atoms with Gasteiger partial charge in [-0.3, -0.25) is 4.90 Å². The Hall–Kier alpha value is -0.120. The molecule has 1 aliphatic carbocycles. The third-order valence-electron chi connectivity index (χ3n) is 4.55. The van der Waals surface area contributed by atoms with Crippen molar-refractivity contribution >= 4 is 0 Å². The molecule has 0 amide bonds. The zero-order valence-corrected chi connectivity index (χ0v) is 11.6. The van der Waals surface area contributed by atoms with E-state index in [0.717, 1.165) is 26.3 Å². The molecule has 1 aliphatic heterocycles. The van der Waals surface area contributed by atoms with Gasteiger partial charge in [0.2, 0.25) is 0 Å². The summed E-state index contributed by atoms with van der Waals surface area (Å²) in [6, 6.07) is 0.957. The van der Waals surface area contributed by atoms with Gasteiger partial charge in [-0.1, -0.05) is 13.8 Å². The number of hydrogen-bond donors (Lipinski definition) is 1. The summed E-state index contributed by atoms with van der Waals surface area (Å²) < 4.78 is 5.50. The van der Waals surface area contributed by atoms with Crippen LogP contribution in [0.15, 0.2) is 0 Å². The molecule has 0 aromatic rings. The minimum atomic E-state index is 0.401. The second kappa shape index (κ2) is 5.25. The van der Waals surface area contributed by atoms with Crippen molar-refractivity contribution in [1.29, 1.82) is 0 Å². The fourth-order valence-electron chi connectivity index (χ4n) is 3.29. The largest absolute Gasteiger partial charge is 0.379 e. The molecule has 0 radical (unpaired) electrons. The highest BCUT2D eigenvalue weighted by atomic mass is 16.5. The van der Waals surface area contributed by atoms with Gasteiger partial charge in [-0.25, -0.2) is 0 Å². The lowest BCUT2D eigenvalue weighted by Gasteiger charge is -2.43. The Labute approximate surface area is 106 Å². The van der Waals surface area contributed by atoms with Crippen molar-refractivity contribution in [3.05, 3.63) is 0 Å². The molecule has 0 bridgehead atoms. The summed E-state index contributed by atoms with van der Waals surface area (Å²) >= 11 is 0. The smallest absolute Gasteiger partial charge is 0.0619 e. The van der Waals surface area contributed by atoms with Gasteiger partial charge in [0.05, 0.1) is 13.2 Å². The highest BCUT2D eigenvalue weighted by molar-refractivity contribution is 4.89. The molecular formula is C14H28N2O. The van der Waals surface area contributed by atoms with E-state index in [1.165, 1.54) is 19.3 Å². The second-order valence-electron chi connectivity index (χ2n) is 6.75. The Balaban J connectivity index is 1.91. The third-order valence-corrected chi connectivity index (χ3v) is 4.55. The molecule has 3 heteroatoms. The molecule has 0 aromatic heterocycles. The van der Waals surface area contributed by atoms with Crippen LogP contribution in [-0.4, -0.2) is 43.3 Å². The molecule has 0 spiro atoms. The Bertz CT molecular complexity index is 255. The van der Waals surface area contributed by atoms with E-state index in [9.17, 15) is 0 Å². The molecule has 17 heavy (non-hydrogen) atoms. The lowest BCUT2D eigenvalue weighted by molar-refractivity contribution is -0.0163. The van der Waals surface area contributed by atoms with E-state index in [2.05, 4.69) is 25.7 Å². The topological polar surface area (TPSA) is 38.5 Å². The third kappa shape index (κ3) is 3.43. The molecule has 1 heterocycles. The molecule has 1 saturated heterocycles. The SMILES string of the molecule is CC1COCCN1CC1CC(C)(C)CCC1N. The van der Waals surface area contributed by atoms with Crippen LogP contribution in [0.4, 0.5) is 0 Å². The monoisotopic (exact) mass is 240 g/mol. The summed E-state index contributed by atoms with van der Waals surface area (Å²) in [5.74, 6) is 0.666. The minimum Gasteiger partial charge on any atom is -0.379 e. The van der Waals surface area contributed by atoms with Crippen LogP contribution in [0.2, 0.25) is 0 Å². The lowest BCUT2D eigenvalue weighted by Crippen LogP contribution is -2.50. The van der Waals surface area contributed by atoms with Gasteiger partial charge in [-0.2, -0.15) is 0 Å². The second-order valence-corrected chi connectivity index (χ2v) is 6.75. The first-order valence-electron chi connectivity index (χ1n) is 7.05. The van der Waals surface area contributed by atoms with E-state index in [4.69, 9.17) is 10.5 Å². The van der Waals surface area contributed by atoms with Gasteiger partial charge in [-0.05, 0) is 37.5 Å². The van der Waals surface area contributed by atoms with E-state index in [1.807, 2.05) is 0 Å². The molecule has 0 aromatic carbocycles. The molecule has 3 nitrogen and oxygen atoms in total. The van der Waals surface area contributed by atoms with Gasteiger partial charge in [-0.15, -0.1) is 0 Å². The average Bonchev–Trinajstić information content (AvgIpc) is 2.26. The van der Waals surface area contributed by atoms with Crippen LogP contribution in [0.25, 0.3) is 0 Å². The molecule has 2 N–H and O–H groups in total. The predicted molar refractivity (Wildman–Crippen MR) is 71.0 cm³/mol. The molecule has 3 unspecified atom stereocenters. The maximum Gasteiger partial charge on any atom is 0.0619 e. The highest BCUT2D eigenvalue weighted by Gasteiger charge is 2.34. The van der Waals surface area contributed by atoms with Crippen LogP contribution in [0, 0.1) is 11.3 Å². The van der Waals surface area contributed by atoms with E-state index in [1.54, 1.807) is 0 Å². The Morgan fingerprint density at radius 1 is 1.41 bits per heavy atom. The van der Waals surface area contributed by atoms with Crippen LogP contribution in [0.3, 0.4) is 0 Å². The van der Waals surface area contributed by atoms with Crippen LogP contribution >= 0.6 is 0 Å². The van der Waals surface area contributed by atoms with E-state index in [0.29, 0.717) is 23.4 Å². The van der Waals surface area contributed by atoms with Gasteiger partial charge in [0.15, 0.2) is 0 Å². The van der Waals surface area contributed by atoms with Gasteiger partial charge < -0.3 is 10.5 Å². The van der Waals surface area contributed by atoms with Crippen LogP contribution in [-0.2, 0) is 4.74 Å². The summed E-state index contributed by atoms with van der Waals surface area (Å²) in [6.45, 7) is 11.0. The maximum absolute atomic E-state index is 6.30. The normalized spacial score (nSPS) is 39.2. The standard InChI is InChI=1S/C14H28N2O/c1-11-10-17-7-6-16(11)9-12-8-14(2,3)5-4-13(12)15/h11-13H,4-10,15H2,1-3H3. The van der Waals surface area contributed by atoms with E-state index < -0.39 is 0 Å². The summed E-state index contributed by atoms with van der Waals surface area (Å²) in [5.41, 5.74) is 6.79. The van der Waals surface area contributed by atoms with Crippen molar-refractivity contribution in [3.63, 3.8) is 0 Å². The van der Waals surface area contributed by atoms with Crippen LogP contribution in [0.1, 0.15) is 40.0 Å². The summed E-state index contributed by atoms with van der Waals surface area (Å²) in [4.78, 5) is 2.56. The molecule has 2 fully saturated rings. The Morgan fingerprint density at radius 3 is 2.88 bits per heavy atom. The zero-order valence-electron chi connectivity index (χ0n) is 11.6. The molecule has 2 rings (SSSR count). The fourth-order valence-corrected chi connectivity index (χ4v) is 3.29. The highest BCUT2D eigenvalue weighted by Crippen LogP contribution is 2.38. The summed E-state index contributed by atoms with van der Waals surface area (Å²) in [6.07, 6.45) is 3.75. The Kier molecular flexibility index (Phi) is 4.11. The summed E-state index contributed by atoms with van der Waals surface area (Å²) in [5, 5.41) is 0. The van der Waals surface area contributed by atoms with Crippen LogP contribution < -0.4 is 5.73 Å². The lowest BCUT2D eigenvalue weighted by atomic mass is 9.70. The van der Waals surface area contributed by atoms with Crippen molar-refractivity contribution in [2.24, 2.45) is 17.1 Å². The average molecular weight is 240 g/mol. The minimum absolute atomic E-state index is 0.401. The first kappa shape index (κ1) is 13.3. The quantitative estimate of drug-likeness (QED) is 0.800. The van der Waals surface area contributed by atoms with Crippen molar-refractivity contribution in [3.8, 4) is 0 Å². The maximum atomic E-state index is 6.30. The number of ether oxygens (including phenoxy) is 1. The van der Waals surface area contributed by atoms with Gasteiger partial charge in [0.25, 0.3) is 0 Å². The van der Waals surface area contributed by atoms with Gasteiger partial charge >= 0.3 is 0 Å². The number of morpholine rings is 1. The first-order chi connectivity index (χ1) is 7.98. The number of nitrogens with two attached hydrogens (primary N) is 1. The summed E-state index contributed by atoms with van der Waals surface area (Å²) in [7, 11) is 0. The predicted octanol–water partition coefficient (Wildman–Crippen LogP) is 1.86. The molecular weight excluding hydrogens is 212 g/mol. The van der Waals surface area contributed by atoms with Gasteiger partial charge in [0.1, 0.15) is 0 Å². The van der Waals surface area contributed by atoms with Crippen molar-refractivity contribution < 1.29 is 4.74 Å². The fraction of sp³-hybridized carbons (Fsp3) is 1.00. The molecule has 3 atom stereocenters.